The largest absolute Gasteiger partial charge is 0.368 e. The van der Waals surface area contributed by atoms with Crippen molar-refractivity contribution < 1.29 is 9.59 Å². The summed E-state index contributed by atoms with van der Waals surface area (Å²) in [7, 11) is 0. The van der Waals surface area contributed by atoms with Crippen molar-refractivity contribution in [2.45, 2.75) is 32.2 Å². The van der Waals surface area contributed by atoms with Crippen LogP contribution in [0.1, 0.15) is 26.2 Å². The molecule has 1 aliphatic rings. The van der Waals surface area contributed by atoms with Crippen LogP contribution < -0.4 is 5.73 Å². The van der Waals surface area contributed by atoms with Crippen molar-refractivity contribution in [1.29, 1.82) is 5.26 Å². The second kappa shape index (κ2) is 4.78. The second-order valence-electron chi connectivity index (χ2n) is 3.80. The van der Waals surface area contributed by atoms with Gasteiger partial charge in [0.2, 0.25) is 11.8 Å². The van der Waals surface area contributed by atoms with Gasteiger partial charge in [0, 0.05) is 19.4 Å². The second-order valence-corrected chi connectivity index (χ2v) is 3.80. The lowest BCUT2D eigenvalue weighted by Crippen LogP contribution is -2.45. The molecule has 1 heterocycles. The van der Waals surface area contributed by atoms with E-state index in [1.807, 2.05) is 13.0 Å². The van der Waals surface area contributed by atoms with Crippen LogP contribution >= 0.6 is 0 Å². The van der Waals surface area contributed by atoms with Crippen LogP contribution in [-0.2, 0) is 9.59 Å². The van der Waals surface area contributed by atoms with Crippen molar-refractivity contribution in [3.05, 3.63) is 0 Å². The van der Waals surface area contributed by atoms with Crippen molar-refractivity contribution >= 4 is 11.8 Å². The highest BCUT2D eigenvalue weighted by atomic mass is 16.2. The molecule has 5 heteroatoms. The van der Waals surface area contributed by atoms with Crippen LogP contribution in [0.4, 0.5) is 0 Å². The highest BCUT2D eigenvalue weighted by molar-refractivity contribution is 5.87. The number of carbonyl (C=O) groups is 2. The Morgan fingerprint density at radius 3 is 2.93 bits per heavy atom. The van der Waals surface area contributed by atoms with E-state index in [2.05, 4.69) is 0 Å². The Morgan fingerprint density at radius 1 is 1.80 bits per heavy atom. The van der Waals surface area contributed by atoms with Crippen LogP contribution in [0.5, 0.6) is 0 Å². The van der Waals surface area contributed by atoms with Crippen LogP contribution in [-0.4, -0.2) is 29.3 Å². The summed E-state index contributed by atoms with van der Waals surface area (Å²) in [5.41, 5.74) is 5.21. The standard InChI is InChI=1S/C10H15N3O2/c1-2-8(10(12)15)13-6-7(3-4-11)5-9(13)14/h7-8H,2-3,5-6H2,1H3,(H2,12,15). The number of likely N-dealkylation sites (tertiary alicyclic amines) is 1. The van der Waals surface area contributed by atoms with E-state index in [1.54, 1.807) is 0 Å². The number of primary amides is 1. The van der Waals surface area contributed by atoms with Gasteiger partial charge in [0.1, 0.15) is 6.04 Å². The van der Waals surface area contributed by atoms with Gasteiger partial charge in [-0.2, -0.15) is 5.26 Å². The lowest BCUT2D eigenvalue weighted by molar-refractivity contribution is -0.136. The Bertz CT molecular complexity index is 308. The molecule has 0 aromatic heterocycles. The highest BCUT2D eigenvalue weighted by Crippen LogP contribution is 2.23. The fraction of sp³-hybridized carbons (Fsp3) is 0.700. The zero-order chi connectivity index (χ0) is 11.4. The van der Waals surface area contributed by atoms with E-state index >= 15 is 0 Å². The zero-order valence-corrected chi connectivity index (χ0v) is 8.77. The molecule has 0 aromatic carbocycles. The van der Waals surface area contributed by atoms with Crippen LogP contribution in [0.2, 0.25) is 0 Å². The molecule has 5 nitrogen and oxygen atoms in total. The van der Waals surface area contributed by atoms with E-state index < -0.39 is 11.9 Å². The summed E-state index contributed by atoms with van der Waals surface area (Å²) >= 11 is 0. The molecule has 2 amide bonds. The first kappa shape index (κ1) is 11.5. The average Bonchev–Trinajstić information content (AvgIpc) is 2.49. The number of carbonyl (C=O) groups excluding carboxylic acids is 2. The number of amides is 2. The Kier molecular flexibility index (Phi) is 3.67. The Labute approximate surface area is 88.8 Å². The number of nitrogens with zero attached hydrogens (tertiary/aromatic N) is 2. The van der Waals surface area contributed by atoms with E-state index in [0.29, 0.717) is 25.8 Å². The molecule has 1 aliphatic heterocycles. The van der Waals surface area contributed by atoms with Gasteiger partial charge in [0.15, 0.2) is 0 Å². The predicted molar refractivity (Wildman–Crippen MR) is 53.3 cm³/mol. The Hall–Kier alpha value is -1.57. The number of nitriles is 1. The predicted octanol–water partition coefficient (Wildman–Crippen LogP) is 0.0125. The molecule has 2 N–H and O–H groups in total. The molecule has 15 heavy (non-hydrogen) atoms. The quantitative estimate of drug-likeness (QED) is 0.707. The van der Waals surface area contributed by atoms with Crippen LogP contribution in [0.25, 0.3) is 0 Å². The van der Waals surface area contributed by atoms with Gasteiger partial charge >= 0.3 is 0 Å². The van der Waals surface area contributed by atoms with E-state index in [1.165, 1.54) is 4.90 Å². The van der Waals surface area contributed by atoms with Crippen LogP contribution in [0.15, 0.2) is 0 Å². The Morgan fingerprint density at radius 2 is 2.47 bits per heavy atom. The first-order valence-electron chi connectivity index (χ1n) is 5.05. The molecule has 82 valence electrons. The van der Waals surface area contributed by atoms with Gasteiger partial charge in [-0.15, -0.1) is 0 Å². The molecular weight excluding hydrogens is 194 g/mol. The van der Waals surface area contributed by atoms with Crippen molar-refractivity contribution in [1.82, 2.24) is 4.90 Å². The zero-order valence-electron chi connectivity index (χ0n) is 8.77. The van der Waals surface area contributed by atoms with Gasteiger partial charge in [-0.05, 0) is 12.3 Å². The van der Waals surface area contributed by atoms with Crippen molar-refractivity contribution in [2.75, 3.05) is 6.54 Å². The molecule has 1 fully saturated rings. The van der Waals surface area contributed by atoms with Crippen molar-refractivity contribution in [3.63, 3.8) is 0 Å². The van der Waals surface area contributed by atoms with Gasteiger partial charge in [-0.25, -0.2) is 0 Å². The van der Waals surface area contributed by atoms with E-state index in [-0.39, 0.29) is 11.8 Å². The fourth-order valence-corrected chi connectivity index (χ4v) is 1.95. The summed E-state index contributed by atoms with van der Waals surface area (Å²) in [6.45, 7) is 2.30. The summed E-state index contributed by atoms with van der Waals surface area (Å²) in [6.07, 6.45) is 1.25. The first-order chi connectivity index (χ1) is 7.10. The van der Waals surface area contributed by atoms with Gasteiger partial charge in [0.05, 0.1) is 6.07 Å². The number of rotatable bonds is 4. The number of hydrogen-bond acceptors (Lipinski definition) is 3. The average molecular weight is 209 g/mol. The Balaban J connectivity index is 2.68. The normalized spacial score (nSPS) is 22.5. The molecule has 2 unspecified atom stereocenters. The lowest BCUT2D eigenvalue weighted by atomic mass is 10.1. The summed E-state index contributed by atoms with van der Waals surface area (Å²) in [5, 5.41) is 8.53. The third kappa shape index (κ3) is 2.46. The minimum Gasteiger partial charge on any atom is -0.368 e. The van der Waals surface area contributed by atoms with Gasteiger partial charge in [-0.3, -0.25) is 9.59 Å². The summed E-state index contributed by atoms with van der Waals surface area (Å²) in [4.78, 5) is 24.2. The van der Waals surface area contributed by atoms with Gasteiger partial charge < -0.3 is 10.6 Å². The van der Waals surface area contributed by atoms with Crippen LogP contribution in [0.3, 0.4) is 0 Å². The van der Waals surface area contributed by atoms with Gasteiger partial charge in [0.25, 0.3) is 0 Å². The van der Waals surface area contributed by atoms with E-state index in [4.69, 9.17) is 11.0 Å². The fourth-order valence-electron chi connectivity index (χ4n) is 1.95. The summed E-state index contributed by atoms with van der Waals surface area (Å²) < 4.78 is 0. The molecule has 1 rings (SSSR count). The monoisotopic (exact) mass is 209 g/mol. The first-order valence-corrected chi connectivity index (χ1v) is 5.05. The van der Waals surface area contributed by atoms with Crippen LogP contribution in [0, 0.1) is 17.2 Å². The third-order valence-corrected chi connectivity index (χ3v) is 2.71. The maximum atomic E-state index is 11.6. The highest BCUT2D eigenvalue weighted by Gasteiger charge is 2.35. The maximum Gasteiger partial charge on any atom is 0.240 e. The lowest BCUT2D eigenvalue weighted by Gasteiger charge is -2.24. The van der Waals surface area contributed by atoms with Crippen molar-refractivity contribution in [3.8, 4) is 6.07 Å². The maximum absolute atomic E-state index is 11.6. The number of nitrogens with two attached hydrogens (primary N) is 1. The molecule has 2 atom stereocenters. The molecule has 0 spiro atoms. The van der Waals surface area contributed by atoms with E-state index in [9.17, 15) is 9.59 Å². The molecule has 0 aromatic rings. The minimum absolute atomic E-state index is 0.0518. The van der Waals surface area contributed by atoms with Gasteiger partial charge in [-0.1, -0.05) is 6.92 Å². The smallest absolute Gasteiger partial charge is 0.240 e. The SMILES string of the molecule is CCC(C(N)=O)N1CC(CC#N)CC1=O. The molecule has 1 saturated heterocycles. The minimum atomic E-state index is -0.513. The van der Waals surface area contributed by atoms with E-state index in [0.717, 1.165) is 0 Å². The molecular formula is C10H15N3O2. The topological polar surface area (TPSA) is 87.2 Å². The summed E-state index contributed by atoms with van der Waals surface area (Å²) in [5.74, 6) is -0.486. The molecule has 0 bridgehead atoms. The molecule has 0 saturated carbocycles. The van der Waals surface area contributed by atoms with Crippen molar-refractivity contribution in [2.24, 2.45) is 11.7 Å². The molecule has 0 aliphatic carbocycles. The summed E-state index contributed by atoms with van der Waals surface area (Å²) in [6, 6.07) is 1.53. The third-order valence-electron chi connectivity index (χ3n) is 2.71. The molecule has 0 radical (unpaired) electrons. The number of hydrogen-bond donors (Lipinski definition) is 1.